The lowest BCUT2D eigenvalue weighted by molar-refractivity contribution is 0.252. The van der Waals surface area contributed by atoms with Crippen LogP contribution in [0.2, 0.25) is 0 Å². The predicted octanol–water partition coefficient (Wildman–Crippen LogP) is 3.45. The highest BCUT2D eigenvalue weighted by Gasteiger charge is 2.12. The van der Waals surface area contributed by atoms with Crippen LogP contribution in [0.3, 0.4) is 0 Å². The second kappa shape index (κ2) is 7.46. The zero-order chi connectivity index (χ0) is 16.8. The van der Waals surface area contributed by atoms with Gasteiger partial charge in [0.1, 0.15) is 0 Å². The quantitative estimate of drug-likeness (QED) is 0.756. The molecule has 0 saturated carbocycles. The van der Waals surface area contributed by atoms with Crippen molar-refractivity contribution in [1.29, 1.82) is 0 Å². The number of benzene rings is 2. The lowest BCUT2D eigenvalue weighted by Crippen LogP contribution is -2.30. The number of hydrogen-bond acceptors (Lipinski definition) is 2. The van der Waals surface area contributed by atoms with Crippen molar-refractivity contribution < 1.29 is 4.79 Å². The molecule has 1 heterocycles. The van der Waals surface area contributed by atoms with Crippen LogP contribution < -0.4 is 10.6 Å². The number of aromatic nitrogens is 2. The summed E-state index contributed by atoms with van der Waals surface area (Å²) < 4.78 is 1.70. The number of aryl methyl sites for hydroxylation is 1. The molecule has 0 spiro atoms. The predicted molar refractivity (Wildman–Crippen MR) is 95.8 cm³/mol. The van der Waals surface area contributed by atoms with E-state index in [2.05, 4.69) is 15.7 Å². The van der Waals surface area contributed by atoms with Gasteiger partial charge in [0.25, 0.3) is 0 Å². The average molecular weight is 320 g/mol. The first-order valence-corrected chi connectivity index (χ1v) is 7.90. The highest BCUT2D eigenvalue weighted by Crippen LogP contribution is 2.26. The van der Waals surface area contributed by atoms with E-state index in [1.807, 2.05) is 73.9 Å². The van der Waals surface area contributed by atoms with Crippen LogP contribution in [-0.2, 0) is 13.5 Å². The largest absolute Gasteiger partial charge is 0.337 e. The molecule has 0 radical (unpaired) electrons. The first-order valence-electron chi connectivity index (χ1n) is 7.90. The molecule has 1 aromatic heterocycles. The molecule has 3 aromatic rings. The van der Waals surface area contributed by atoms with Crippen molar-refractivity contribution in [2.75, 3.05) is 11.9 Å². The highest BCUT2D eigenvalue weighted by molar-refractivity contribution is 5.92. The normalized spacial score (nSPS) is 10.4. The number of carbonyl (C=O) groups excluding carboxylic acids is 1. The van der Waals surface area contributed by atoms with Crippen molar-refractivity contribution in [3.63, 3.8) is 0 Å². The van der Waals surface area contributed by atoms with Crippen molar-refractivity contribution in [3.05, 3.63) is 72.4 Å². The standard InChI is InChI=1S/C19H20N4O/c1-23-14-17(16-10-6-3-7-11-16)18(22-23)21-19(24)20-13-12-15-8-4-2-5-9-15/h2-11,14H,12-13H2,1H3,(H2,20,21,22,24). The fourth-order valence-electron chi connectivity index (χ4n) is 2.53. The molecule has 3 rings (SSSR count). The minimum atomic E-state index is -0.248. The molecular formula is C19H20N4O. The summed E-state index contributed by atoms with van der Waals surface area (Å²) in [5, 5.41) is 10.0. The Kier molecular flexibility index (Phi) is 4.91. The summed E-state index contributed by atoms with van der Waals surface area (Å²) >= 11 is 0. The summed E-state index contributed by atoms with van der Waals surface area (Å²) in [7, 11) is 1.84. The van der Waals surface area contributed by atoms with Crippen LogP contribution in [0, 0.1) is 0 Å². The van der Waals surface area contributed by atoms with E-state index in [9.17, 15) is 4.79 Å². The number of anilines is 1. The van der Waals surface area contributed by atoms with Gasteiger partial charge in [-0.1, -0.05) is 60.7 Å². The molecule has 122 valence electrons. The first-order chi connectivity index (χ1) is 11.7. The van der Waals surface area contributed by atoms with Gasteiger partial charge in [0.2, 0.25) is 0 Å². The van der Waals surface area contributed by atoms with Crippen LogP contribution in [0.5, 0.6) is 0 Å². The topological polar surface area (TPSA) is 59.0 Å². The minimum absolute atomic E-state index is 0.248. The average Bonchev–Trinajstić information content (AvgIpc) is 2.97. The van der Waals surface area contributed by atoms with Gasteiger partial charge in [-0.15, -0.1) is 0 Å². The summed E-state index contributed by atoms with van der Waals surface area (Å²) in [6.07, 6.45) is 2.69. The molecule has 5 nitrogen and oxygen atoms in total. The van der Waals surface area contributed by atoms with Crippen LogP contribution in [-0.4, -0.2) is 22.4 Å². The van der Waals surface area contributed by atoms with E-state index >= 15 is 0 Å². The summed E-state index contributed by atoms with van der Waals surface area (Å²) in [4.78, 5) is 12.1. The Morgan fingerprint density at radius 2 is 1.71 bits per heavy atom. The number of rotatable bonds is 5. The maximum absolute atomic E-state index is 12.1. The van der Waals surface area contributed by atoms with E-state index in [1.54, 1.807) is 4.68 Å². The van der Waals surface area contributed by atoms with Crippen molar-refractivity contribution in [3.8, 4) is 11.1 Å². The number of nitrogens with zero attached hydrogens (tertiary/aromatic N) is 2. The third kappa shape index (κ3) is 4.01. The van der Waals surface area contributed by atoms with Gasteiger partial charge in [0.15, 0.2) is 5.82 Å². The van der Waals surface area contributed by atoms with Gasteiger partial charge < -0.3 is 5.32 Å². The summed E-state index contributed by atoms with van der Waals surface area (Å²) in [6, 6.07) is 19.7. The van der Waals surface area contributed by atoms with Gasteiger partial charge in [-0.3, -0.25) is 10.00 Å². The Bertz CT molecular complexity index is 797. The van der Waals surface area contributed by atoms with E-state index in [4.69, 9.17) is 0 Å². The van der Waals surface area contributed by atoms with Crippen molar-refractivity contribution in [2.45, 2.75) is 6.42 Å². The molecule has 0 fully saturated rings. The minimum Gasteiger partial charge on any atom is -0.337 e. The Morgan fingerprint density at radius 3 is 2.42 bits per heavy atom. The molecule has 0 aliphatic heterocycles. The number of carbonyl (C=O) groups is 1. The van der Waals surface area contributed by atoms with E-state index < -0.39 is 0 Å². The molecule has 0 bridgehead atoms. The maximum Gasteiger partial charge on any atom is 0.320 e. The van der Waals surface area contributed by atoms with Crippen molar-refractivity contribution in [2.24, 2.45) is 7.05 Å². The molecule has 2 N–H and O–H groups in total. The SMILES string of the molecule is Cn1cc(-c2ccccc2)c(NC(=O)NCCc2ccccc2)n1. The van der Waals surface area contributed by atoms with Gasteiger partial charge in [0.05, 0.1) is 0 Å². The van der Waals surface area contributed by atoms with Crippen LogP contribution >= 0.6 is 0 Å². The number of amides is 2. The van der Waals surface area contributed by atoms with Gasteiger partial charge >= 0.3 is 6.03 Å². The van der Waals surface area contributed by atoms with E-state index in [0.717, 1.165) is 17.5 Å². The molecule has 5 heteroatoms. The monoisotopic (exact) mass is 320 g/mol. The molecule has 2 amide bonds. The van der Waals surface area contributed by atoms with Gasteiger partial charge in [-0.2, -0.15) is 5.10 Å². The van der Waals surface area contributed by atoms with Crippen LogP contribution in [0.1, 0.15) is 5.56 Å². The van der Waals surface area contributed by atoms with E-state index in [0.29, 0.717) is 12.4 Å². The van der Waals surface area contributed by atoms with Gasteiger partial charge in [-0.25, -0.2) is 4.79 Å². The fraction of sp³-hybridized carbons (Fsp3) is 0.158. The highest BCUT2D eigenvalue weighted by atomic mass is 16.2. The van der Waals surface area contributed by atoms with Gasteiger partial charge in [0, 0.05) is 25.4 Å². The third-order valence-electron chi connectivity index (χ3n) is 3.69. The third-order valence-corrected chi connectivity index (χ3v) is 3.69. The molecular weight excluding hydrogens is 300 g/mol. The molecule has 0 unspecified atom stereocenters. The number of nitrogens with one attached hydrogen (secondary N) is 2. The van der Waals surface area contributed by atoms with Crippen molar-refractivity contribution >= 4 is 11.8 Å². The lowest BCUT2D eigenvalue weighted by atomic mass is 10.1. The second-order valence-corrected chi connectivity index (χ2v) is 5.55. The maximum atomic E-state index is 12.1. The summed E-state index contributed by atoms with van der Waals surface area (Å²) in [6.45, 7) is 0.573. The van der Waals surface area contributed by atoms with Gasteiger partial charge in [-0.05, 0) is 17.5 Å². The summed E-state index contributed by atoms with van der Waals surface area (Å²) in [5.74, 6) is 0.556. The zero-order valence-electron chi connectivity index (χ0n) is 13.6. The molecule has 2 aromatic carbocycles. The Balaban J connectivity index is 1.61. The zero-order valence-corrected chi connectivity index (χ0v) is 13.6. The summed E-state index contributed by atoms with van der Waals surface area (Å²) in [5.41, 5.74) is 3.11. The van der Waals surface area contributed by atoms with E-state index in [1.165, 1.54) is 5.56 Å². The Labute approximate surface area is 141 Å². The fourth-order valence-corrected chi connectivity index (χ4v) is 2.53. The van der Waals surface area contributed by atoms with Crippen LogP contribution in [0.15, 0.2) is 66.9 Å². The number of hydrogen-bond donors (Lipinski definition) is 2. The molecule has 24 heavy (non-hydrogen) atoms. The molecule has 0 atom stereocenters. The Morgan fingerprint density at radius 1 is 1.04 bits per heavy atom. The lowest BCUT2D eigenvalue weighted by Gasteiger charge is -2.07. The molecule has 0 aliphatic rings. The smallest absolute Gasteiger partial charge is 0.320 e. The number of urea groups is 1. The Hall–Kier alpha value is -3.08. The van der Waals surface area contributed by atoms with Crippen LogP contribution in [0.4, 0.5) is 10.6 Å². The molecule has 0 aliphatic carbocycles. The van der Waals surface area contributed by atoms with Crippen LogP contribution in [0.25, 0.3) is 11.1 Å². The molecule has 0 saturated heterocycles. The van der Waals surface area contributed by atoms with E-state index in [-0.39, 0.29) is 6.03 Å². The second-order valence-electron chi connectivity index (χ2n) is 5.55. The first kappa shape index (κ1) is 15.8. The van der Waals surface area contributed by atoms with Crippen molar-refractivity contribution in [1.82, 2.24) is 15.1 Å².